The Labute approximate surface area is 133 Å². The van der Waals surface area contributed by atoms with E-state index in [1.807, 2.05) is 22.6 Å². The molecule has 21 heavy (non-hydrogen) atoms. The van der Waals surface area contributed by atoms with E-state index in [4.69, 9.17) is 10.5 Å². The highest BCUT2D eigenvalue weighted by atomic mass is 127. The summed E-state index contributed by atoms with van der Waals surface area (Å²) >= 11 is 1.95. The normalized spacial score (nSPS) is 10.6. The first-order valence-electron chi connectivity index (χ1n) is 5.87. The summed E-state index contributed by atoms with van der Waals surface area (Å²) in [7, 11) is 2.69. The number of nitrogens with two attached hydrogens (primary N) is 1. The summed E-state index contributed by atoms with van der Waals surface area (Å²) in [6, 6.07) is 5.26. The number of ether oxygens (including phenoxy) is 1. The van der Waals surface area contributed by atoms with Gasteiger partial charge in [0.1, 0.15) is 22.9 Å². The molecule has 0 aliphatic carbocycles. The molecule has 0 spiro atoms. The molecular formula is C14H12F3IN2O. The van der Waals surface area contributed by atoms with Crippen molar-refractivity contribution in [3.8, 4) is 5.75 Å². The molecule has 0 fully saturated rings. The number of benzene rings is 2. The van der Waals surface area contributed by atoms with Crippen molar-refractivity contribution < 1.29 is 17.9 Å². The maximum Gasteiger partial charge on any atom is 0.184 e. The first-order chi connectivity index (χ1) is 9.86. The van der Waals surface area contributed by atoms with Gasteiger partial charge in [-0.15, -0.1) is 0 Å². The van der Waals surface area contributed by atoms with E-state index in [9.17, 15) is 13.2 Å². The number of hydrogen-bond acceptors (Lipinski definition) is 3. The van der Waals surface area contributed by atoms with E-state index < -0.39 is 17.5 Å². The molecule has 2 aromatic rings. The fraction of sp³-hybridized carbons (Fsp3) is 0.143. The maximum absolute atomic E-state index is 14.0. The molecule has 0 saturated carbocycles. The second-order valence-electron chi connectivity index (χ2n) is 4.29. The fourth-order valence-electron chi connectivity index (χ4n) is 1.97. The van der Waals surface area contributed by atoms with Crippen LogP contribution in [0, 0.1) is 21.0 Å². The van der Waals surface area contributed by atoms with Crippen LogP contribution in [0.3, 0.4) is 0 Å². The van der Waals surface area contributed by atoms with E-state index in [1.54, 1.807) is 6.07 Å². The van der Waals surface area contributed by atoms with Crippen molar-refractivity contribution in [1.82, 2.24) is 0 Å². The number of halogens is 4. The zero-order chi connectivity index (χ0) is 15.7. The van der Waals surface area contributed by atoms with Gasteiger partial charge in [-0.05, 0) is 40.8 Å². The second-order valence-corrected chi connectivity index (χ2v) is 5.54. The van der Waals surface area contributed by atoms with Gasteiger partial charge in [-0.1, -0.05) is 0 Å². The number of nitrogen functional groups attached to an aromatic ring is 1. The van der Waals surface area contributed by atoms with Gasteiger partial charge in [0.05, 0.1) is 12.8 Å². The van der Waals surface area contributed by atoms with E-state index in [0.29, 0.717) is 3.57 Å². The molecule has 0 saturated heterocycles. The van der Waals surface area contributed by atoms with Crippen LogP contribution in [0.5, 0.6) is 5.75 Å². The lowest BCUT2D eigenvalue weighted by molar-refractivity contribution is 0.409. The summed E-state index contributed by atoms with van der Waals surface area (Å²) in [6.45, 7) is 0. The summed E-state index contributed by atoms with van der Waals surface area (Å²) in [4.78, 5) is 1.15. The van der Waals surface area contributed by atoms with Gasteiger partial charge in [0.2, 0.25) is 0 Å². The highest BCUT2D eigenvalue weighted by Gasteiger charge is 2.22. The average Bonchev–Trinajstić information content (AvgIpc) is 2.42. The second kappa shape index (κ2) is 6.00. The Bertz CT molecular complexity index is 694. The van der Waals surface area contributed by atoms with Crippen molar-refractivity contribution in [2.24, 2.45) is 0 Å². The van der Waals surface area contributed by atoms with E-state index in [2.05, 4.69) is 0 Å². The molecule has 0 aliphatic rings. The number of anilines is 3. The molecule has 0 radical (unpaired) electrons. The Morgan fingerprint density at radius 1 is 1.14 bits per heavy atom. The largest absolute Gasteiger partial charge is 0.494 e. The lowest BCUT2D eigenvalue weighted by Gasteiger charge is -2.23. The molecule has 0 heterocycles. The molecule has 2 aromatic carbocycles. The van der Waals surface area contributed by atoms with Crippen LogP contribution in [0.4, 0.5) is 30.2 Å². The summed E-state index contributed by atoms with van der Waals surface area (Å²) < 4.78 is 47.3. The Balaban J connectivity index is 2.62. The minimum atomic E-state index is -1.16. The Hall–Kier alpha value is -1.64. The predicted molar refractivity (Wildman–Crippen MR) is 84.5 cm³/mol. The van der Waals surface area contributed by atoms with Crippen molar-refractivity contribution >= 4 is 39.7 Å². The van der Waals surface area contributed by atoms with Gasteiger partial charge in [-0.25, -0.2) is 13.2 Å². The van der Waals surface area contributed by atoms with E-state index in [-0.39, 0.29) is 22.8 Å². The molecule has 0 bridgehead atoms. The summed E-state index contributed by atoms with van der Waals surface area (Å²) in [5.74, 6) is -2.85. The molecule has 3 nitrogen and oxygen atoms in total. The molecule has 0 amide bonds. The van der Waals surface area contributed by atoms with Crippen LogP contribution in [0.1, 0.15) is 0 Å². The van der Waals surface area contributed by atoms with Crippen molar-refractivity contribution in [1.29, 1.82) is 0 Å². The molecule has 7 heteroatoms. The Morgan fingerprint density at radius 3 is 2.38 bits per heavy atom. The lowest BCUT2D eigenvalue weighted by atomic mass is 10.2. The van der Waals surface area contributed by atoms with E-state index in [1.165, 1.54) is 26.3 Å². The number of hydrogen-bond donors (Lipinski definition) is 1. The van der Waals surface area contributed by atoms with Gasteiger partial charge in [-0.3, -0.25) is 0 Å². The predicted octanol–water partition coefficient (Wildman–Crippen LogP) is 4.07. The standard InChI is InChI=1S/C14H12F3IN2O/c1-20(10-4-3-7(18)5-8(10)15)14-12(17)9(16)6-11(21-2)13(14)19/h3-6H,19H2,1-2H3. The topological polar surface area (TPSA) is 38.5 Å². The molecular weight excluding hydrogens is 396 g/mol. The zero-order valence-electron chi connectivity index (χ0n) is 11.3. The smallest absolute Gasteiger partial charge is 0.184 e. The first kappa shape index (κ1) is 15.7. The van der Waals surface area contributed by atoms with E-state index >= 15 is 0 Å². The first-order valence-corrected chi connectivity index (χ1v) is 6.95. The van der Waals surface area contributed by atoms with Crippen LogP contribution < -0.4 is 15.4 Å². The van der Waals surface area contributed by atoms with Crippen molar-refractivity contribution in [2.75, 3.05) is 24.8 Å². The zero-order valence-corrected chi connectivity index (χ0v) is 13.4. The third-order valence-corrected chi connectivity index (χ3v) is 3.69. The summed E-state index contributed by atoms with van der Waals surface area (Å²) in [5, 5.41) is 0. The molecule has 0 atom stereocenters. The van der Waals surface area contributed by atoms with Gasteiger partial charge < -0.3 is 15.4 Å². The molecule has 2 rings (SSSR count). The lowest BCUT2D eigenvalue weighted by Crippen LogP contribution is -2.16. The van der Waals surface area contributed by atoms with Crippen molar-refractivity contribution in [3.05, 3.63) is 45.3 Å². The van der Waals surface area contributed by atoms with Crippen LogP contribution in [0.15, 0.2) is 24.3 Å². The molecule has 0 unspecified atom stereocenters. The third kappa shape index (κ3) is 2.87. The van der Waals surface area contributed by atoms with Crippen molar-refractivity contribution in [2.45, 2.75) is 0 Å². The van der Waals surface area contributed by atoms with Gasteiger partial charge in [0, 0.05) is 16.7 Å². The molecule has 2 N–H and O–H groups in total. The van der Waals surface area contributed by atoms with Crippen LogP contribution in [0.25, 0.3) is 0 Å². The third-order valence-electron chi connectivity index (χ3n) is 3.02. The van der Waals surface area contributed by atoms with Crippen LogP contribution in [-0.4, -0.2) is 14.2 Å². The van der Waals surface area contributed by atoms with Crippen LogP contribution in [-0.2, 0) is 0 Å². The number of nitrogens with zero attached hydrogens (tertiary/aromatic N) is 1. The monoisotopic (exact) mass is 408 g/mol. The van der Waals surface area contributed by atoms with Crippen LogP contribution in [0.2, 0.25) is 0 Å². The quantitative estimate of drug-likeness (QED) is 0.615. The SMILES string of the molecule is COc1cc(F)c(F)c(N(C)c2ccc(I)cc2F)c1N. The minimum Gasteiger partial charge on any atom is -0.494 e. The summed E-state index contributed by atoms with van der Waals surface area (Å²) in [6.07, 6.45) is 0. The van der Waals surface area contributed by atoms with Gasteiger partial charge in [0.25, 0.3) is 0 Å². The van der Waals surface area contributed by atoms with Gasteiger partial charge >= 0.3 is 0 Å². The van der Waals surface area contributed by atoms with Gasteiger partial charge in [-0.2, -0.15) is 0 Å². The minimum absolute atomic E-state index is 0.0123. The molecule has 0 aromatic heterocycles. The fourth-order valence-corrected chi connectivity index (χ4v) is 2.43. The summed E-state index contributed by atoms with van der Waals surface area (Å²) in [5.41, 5.74) is 5.49. The number of methoxy groups -OCH3 is 1. The average molecular weight is 408 g/mol. The Morgan fingerprint density at radius 2 is 1.81 bits per heavy atom. The molecule has 112 valence electrons. The maximum atomic E-state index is 14.0. The van der Waals surface area contributed by atoms with Crippen LogP contribution >= 0.6 is 22.6 Å². The highest BCUT2D eigenvalue weighted by Crippen LogP contribution is 2.39. The Kier molecular flexibility index (Phi) is 4.50. The number of rotatable bonds is 3. The highest BCUT2D eigenvalue weighted by molar-refractivity contribution is 14.1. The van der Waals surface area contributed by atoms with Crippen molar-refractivity contribution in [3.63, 3.8) is 0 Å². The van der Waals surface area contributed by atoms with E-state index in [0.717, 1.165) is 11.0 Å². The molecule has 0 aliphatic heterocycles. The van der Waals surface area contributed by atoms with Gasteiger partial charge in [0.15, 0.2) is 11.6 Å².